The zero-order chi connectivity index (χ0) is 22.0. The monoisotopic (exact) mass is 422 g/mol. The summed E-state index contributed by atoms with van der Waals surface area (Å²) in [7, 11) is 0. The number of carbonyl (C=O) groups is 3. The number of alkyl carbamates (subject to hydrolysis) is 1. The van der Waals surface area contributed by atoms with Crippen LogP contribution < -0.4 is 10.6 Å². The first kappa shape index (κ1) is 20.9. The first-order valence-corrected chi connectivity index (χ1v) is 10.6. The minimum atomic E-state index is -1.12. The minimum absolute atomic E-state index is 0.0125. The second kappa shape index (κ2) is 8.79. The summed E-state index contributed by atoms with van der Waals surface area (Å²) in [6.07, 6.45) is 1.93. The molecule has 1 fully saturated rings. The van der Waals surface area contributed by atoms with Gasteiger partial charge in [-0.3, -0.25) is 9.59 Å². The smallest absolute Gasteiger partial charge is 0.407 e. The SMILES string of the molecule is C[C@@H](NC(=O)C(NC(=O)OCC1c2ccccc2-c2ccccc21)C1CCC1)C(=O)O. The van der Waals surface area contributed by atoms with Crippen molar-refractivity contribution in [2.45, 2.75) is 44.2 Å². The summed E-state index contributed by atoms with van der Waals surface area (Å²) in [5, 5.41) is 14.2. The van der Waals surface area contributed by atoms with Crippen LogP contribution in [0.5, 0.6) is 0 Å². The number of aliphatic carboxylic acids is 1. The second-order valence-electron chi connectivity index (χ2n) is 8.21. The van der Waals surface area contributed by atoms with Crippen LogP contribution in [-0.4, -0.2) is 41.8 Å². The van der Waals surface area contributed by atoms with Gasteiger partial charge in [-0.25, -0.2) is 4.79 Å². The van der Waals surface area contributed by atoms with E-state index in [1.54, 1.807) is 0 Å². The fourth-order valence-electron chi connectivity index (χ4n) is 4.30. The van der Waals surface area contributed by atoms with E-state index >= 15 is 0 Å². The van der Waals surface area contributed by atoms with E-state index in [0.29, 0.717) is 0 Å². The molecule has 1 unspecified atom stereocenters. The summed E-state index contributed by atoms with van der Waals surface area (Å²) in [6, 6.07) is 14.3. The van der Waals surface area contributed by atoms with Crippen LogP contribution in [0.25, 0.3) is 11.1 Å². The zero-order valence-corrected chi connectivity index (χ0v) is 17.3. The van der Waals surface area contributed by atoms with Crippen molar-refractivity contribution in [3.63, 3.8) is 0 Å². The summed E-state index contributed by atoms with van der Waals surface area (Å²) in [6.45, 7) is 1.55. The number of carbonyl (C=O) groups excluding carboxylic acids is 2. The van der Waals surface area contributed by atoms with Gasteiger partial charge in [0.25, 0.3) is 0 Å². The van der Waals surface area contributed by atoms with Crippen LogP contribution >= 0.6 is 0 Å². The molecule has 0 heterocycles. The Balaban J connectivity index is 1.42. The van der Waals surface area contributed by atoms with Crippen molar-refractivity contribution >= 4 is 18.0 Å². The average Bonchev–Trinajstić information content (AvgIpc) is 3.04. The molecule has 0 aliphatic heterocycles. The summed E-state index contributed by atoms with van der Waals surface area (Å²) >= 11 is 0. The third kappa shape index (κ3) is 4.26. The van der Waals surface area contributed by atoms with Crippen molar-refractivity contribution in [1.82, 2.24) is 10.6 Å². The molecule has 162 valence electrons. The molecule has 0 spiro atoms. The number of carboxylic acid groups (broad SMARTS) is 1. The molecule has 0 radical (unpaired) electrons. The predicted octanol–water partition coefficient (Wildman–Crippen LogP) is 3.28. The van der Waals surface area contributed by atoms with Gasteiger partial charge in [0, 0.05) is 5.92 Å². The topological polar surface area (TPSA) is 105 Å². The standard InChI is InChI=1S/C24H26N2O5/c1-14(23(28)29)25-22(27)21(15-7-6-8-15)26-24(30)31-13-20-18-11-4-2-9-16(18)17-10-3-5-12-19(17)20/h2-5,9-12,14-15,20-21H,6-8,13H2,1H3,(H,25,27)(H,26,30)(H,28,29)/t14-,21?/m1/s1. The third-order valence-corrected chi connectivity index (χ3v) is 6.25. The van der Waals surface area contributed by atoms with E-state index in [1.165, 1.54) is 6.92 Å². The van der Waals surface area contributed by atoms with Crippen molar-refractivity contribution in [1.29, 1.82) is 0 Å². The molecule has 0 aromatic heterocycles. The Morgan fingerprint density at radius 2 is 1.58 bits per heavy atom. The molecule has 1 saturated carbocycles. The third-order valence-electron chi connectivity index (χ3n) is 6.25. The molecule has 2 aliphatic rings. The highest BCUT2D eigenvalue weighted by molar-refractivity contribution is 5.89. The largest absolute Gasteiger partial charge is 0.480 e. The highest BCUT2D eigenvalue weighted by atomic mass is 16.5. The Bertz CT molecular complexity index is 955. The number of amides is 2. The molecule has 0 bridgehead atoms. The first-order chi connectivity index (χ1) is 15.0. The van der Waals surface area contributed by atoms with E-state index < -0.39 is 30.1 Å². The van der Waals surface area contributed by atoms with Gasteiger partial charge in [-0.05, 0) is 47.9 Å². The van der Waals surface area contributed by atoms with E-state index in [4.69, 9.17) is 9.84 Å². The van der Waals surface area contributed by atoms with Gasteiger partial charge in [0.1, 0.15) is 18.7 Å². The highest BCUT2D eigenvalue weighted by Crippen LogP contribution is 2.44. The van der Waals surface area contributed by atoms with Gasteiger partial charge < -0.3 is 20.5 Å². The molecule has 31 heavy (non-hydrogen) atoms. The molecule has 7 nitrogen and oxygen atoms in total. The van der Waals surface area contributed by atoms with Crippen molar-refractivity contribution < 1.29 is 24.2 Å². The van der Waals surface area contributed by atoms with E-state index in [1.807, 2.05) is 36.4 Å². The van der Waals surface area contributed by atoms with Gasteiger partial charge in [-0.15, -0.1) is 0 Å². The normalized spacial score (nSPS) is 16.9. The van der Waals surface area contributed by atoms with Gasteiger partial charge in [-0.1, -0.05) is 55.0 Å². The summed E-state index contributed by atoms with van der Waals surface area (Å²) < 4.78 is 5.55. The number of carboxylic acids is 1. The molecule has 7 heteroatoms. The molecule has 2 aliphatic carbocycles. The van der Waals surface area contributed by atoms with E-state index in [-0.39, 0.29) is 18.4 Å². The van der Waals surface area contributed by atoms with Gasteiger partial charge in [-0.2, -0.15) is 0 Å². The van der Waals surface area contributed by atoms with Crippen molar-refractivity contribution in [3.8, 4) is 11.1 Å². The van der Waals surface area contributed by atoms with Gasteiger partial charge in [0.2, 0.25) is 5.91 Å². The number of fused-ring (bicyclic) bond motifs is 3. The molecule has 2 aromatic carbocycles. The minimum Gasteiger partial charge on any atom is -0.480 e. The maximum Gasteiger partial charge on any atom is 0.407 e. The lowest BCUT2D eigenvalue weighted by Gasteiger charge is -2.33. The molecule has 0 saturated heterocycles. The Hall–Kier alpha value is -3.35. The fourth-order valence-corrected chi connectivity index (χ4v) is 4.30. The molecule has 2 atom stereocenters. The van der Waals surface area contributed by atoms with Crippen LogP contribution in [0, 0.1) is 5.92 Å². The van der Waals surface area contributed by atoms with Crippen LogP contribution in [0.1, 0.15) is 43.2 Å². The maximum absolute atomic E-state index is 12.6. The summed E-state index contributed by atoms with van der Waals surface area (Å²) in [4.78, 5) is 36.2. The average molecular weight is 422 g/mol. The molecular weight excluding hydrogens is 396 g/mol. The summed E-state index contributed by atoms with van der Waals surface area (Å²) in [5.41, 5.74) is 4.50. The maximum atomic E-state index is 12.6. The number of hydrogen-bond acceptors (Lipinski definition) is 4. The lowest BCUT2D eigenvalue weighted by molar-refractivity contribution is -0.141. The summed E-state index contributed by atoms with van der Waals surface area (Å²) in [5.74, 6) is -1.70. The lowest BCUT2D eigenvalue weighted by atomic mass is 9.79. The van der Waals surface area contributed by atoms with Gasteiger partial charge in [0.15, 0.2) is 0 Å². The van der Waals surface area contributed by atoms with Crippen LogP contribution in [0.4, 0.5) is 4.79 Å². The number of nitrogens with one attached hydrogen (secondary N) is 2. The molecule has 2 amide bonds. The van der Waals surface area contributed by atoms with Crippen LogP contribution in [0.15, 0.2) is 48.5 Å². The molecular formula is C24H26N2O5. The molecule has 4 rings (SSSR count). The Kier molecular flexibility index (Phi) is 5.93. The van der Waals surface area contributed by atoms with E-state index in [9.17, 15) is 14.4 Å². The number of benzene rings is 2. The quantitative estimate of drug-likeness (QED) is 0.635. The number of ether oxygens (including phenoxy) is 1. The Labute approximate surface area is 180 Å². The van der Waals surface area contributed by atoms with Crippen LogP contribution in [0.2, 0.25) is 0 Å². The van der Waals surface area contributed by atoms with Gasteiger partial charge >= 0.3 is 12.1 Å². The second-order valence-corrected chi connectivity index (χ2v) is 8.21. The predicted molar refractivity (Wildman–Crippen MR) is 115 cm³/mol. The van der Waals surface area contributed by atoms with E-state index in [0.717, 1.165) is 41.5 Å². The van der Waals surface area contributed by atoms with Crippen molar-refractivity contribution in [2.75, 3.05) is 6.61 Å². The number of rotatable bonds is 7. The fraction of sp³-hybridized carbons (Fsp3) is 0.375. The van der Waals surface area contributed by atoms with E-state index in [2.05, 4.69) is 22.8 Å². The number of hydrogen-bond donors (Lipinski definition) is 3. The van der Waals surface area contributed by atoms with Crippen molar-refractivity contribution in [2.24, 2.45) is 5.92 Å². The molecule has 3 N–H and O–H groups in total. The molecule has 2 aromatic rings. The lowest BCUT2D eigenvalue weighted by Crippen LogP contribution is -2.55. The first-order valence-electron chi connectivity index (χ1n) is 10.6. The highest BCUT2D eigenvalue weighted by Gasteiger charge is 2.36. The zero-order valence-electron chi connectivity index (χ0n) is 17.3. The Morgan fingerprint density at radius 3 is 2.10 bits per heavy atom. The van der Waals surface area contributed by atoms with Crippen molar-refractivity contribution in [3.05, 3.63) is 59.7 Å². The Morgan fingerprint density at radius 1 is 1.00 bits per heavy atom. The van der Waals surface area contributed by atoms with Crippen LogP contribution in [-0.2, 0) is 14.3 Å². The van der Waals surface area contributed by atoms with Gasteiger partial charge in [0.05, 0.1) is 0 Å². The van der Waals surface area contributed by atoms with Crippen LogP contribution in [0.3, 0.4) is 0 Å².